The monoisotopic (exact) mass is 215 g/mol. The maximum absolute atomic E-state index is 11.5. The van der Waals surface area contributed by atoms with Crippen molar-refractivity contribution in [2.75, 3.05) is 13.1 Å². The lowest BCUT2D eigenvalue weighted by Gasteiger charge is -2.21. The zero-order chi connectivity index (χ0) is 11.4. The van der Waals surface area contributed by atoms with E-state index in [4.69, 9.17) is 10.8 Å². The average Bonchev–Trinajstić information content (AvgIpc) is 2.62. The fourth-order valence-corrected chi connectivity index (χ4v) is 1.61. The summed E-state index contributed by atoms with van der Waals surface area (Å²) in [6.45, 7) is 0.132. The van der Waals surface area contributed by atoms with Gasteiger partial charge in [0.1, 0.15) is 12.6 Å². The molecule has 0 radical (unpaired) electrons. The number of likely N-dealkylation sites (tertiary alicyclic amines) is 1. The van der Waals surface area contributed by atoms with Gasteiger partial charge in [-0.25, -0.2) is 4.79 Å². The lowest BCUT2D eigenvalue weighted by Crippen LogP contribution is -2.47. The Morgan fingerprint density at radius 1 is 1.47 bits per heavy atom. The van der Waals surface area contributed by atoms with Crippen LogP contribution in [0.1, 0.15) is 12.8 Å². The topological polar surface area (TPSA) is 113 Å². The van der Waals surface area contributed by atoms with Crippen molar-refractivity contribution in [2.45, 2.75) is 18.9 Å². The summed E-state index contributed by atoms with van der Waals surface area (Å²) in [7, 11) is 0. The maximum atomic E-state index is 11.5. The second kappa shape index (κ2) is 4.63. The van der Waals surface area contributed by atoms with Gasteiger partial charge in [0.25, 0.3) is 0 Å². The molecule has 1 aliphatic rings. The van der Waals surface area contributed by atoms with Crippen LogP contribution in [-0.2, 0) is 9.59 Å². The minimum Gasteiger partial charge on any atom is -0.465 e. The lowest BCUT2D eigenvalue weighted by molar-refractivity contribution is -0.136. The van der Waals surface area contributed by atoms with Crippen LogP contribution in [0.5, 0.6) is 0 Å². The van der Waals surface area contributed by atoms with Gasteiger partial charge in [0, 0.05) is 6.54 Å². The summed E-state index contributed by atoms with van der Waals surface area (Å²) < 4.78 is 0. The third kappa shape index (κ3) is 2.83. The summed E-state index contributed by atoms with van der Waals surface area (Å²) in [6, 6.07) is -0.590. The van der Waals surface area contributed by atoms with Crippen LogP contribution < -0.4 is 11.1 Å². The van der Waals surface area contributed by atoms with E-state index in [2.05, 4.69) is 0 Å². The molecule has 0 aromatic carbocycles. The van der Waals surface area contributed by atoms with Gasteiger partial charge in [-0.15, -0.1) is 0 Å². The van der Waals surface area contributed by atoms with Crippen LogP contribution >= 0.6 is 0 Å². The fourth-order valence-electron chi connectivity index (χ4n) is 1.61. The fraction of sp³-hybridized carbons (Fsp3) is 0.625. The van der Waals surface area contributed by atoms with Crippen molar-refractivity contribution in [3.8, 4) is 0 Å². The Morgan fingerprint density at radius 3 is 2.67 bits per heavy atom. The number of nitrogens with zero attached hydrogens (tertiary/aromatic N) is 1. The van der Waals surface area contributed by atoms with Gasteiger partial charge in [0.05, 0.1) is 0 Å². The minimum absolute atomic E-state index is 0.320. The van der Waals surface area contributed by atoms with Gasteiger partial charge in [-0.2, -0.15) is 0 Å². The van der Waals surface area contributed by atoms with Crippen LogP contribution in [0.2, 0.25) is 0 Å². The van der Waals surface area contributed by atoms with Crippen molar-refractivity contribution >= 4 is 17.9 Å². The standard InChI is InChI=1S/C8H13N3O4/c9-7(13)5-2-1-3-11(5)6(12)4-10-8(14)15/h5,10H,1-4H2,(H2,9,13)(H,14,15)/t5-/m0/s1. The normalized spacial score (nSPS) is 20.0. The Kier molecular flexibility index (Phi) is 3.48. The molecule has 4 N–H and O–H groups in total. The number of amides is 3. The largest absolute Gasteiger partial charge is 0.465 e. The molecule has 0 unspecified atom stereocenters. The highest BCUT2D eigenvalue weighted by Crippen LogP contribution is 2.16. The molecule has 0 spiro atoms. The van der Waals surface area contributed by atoms with E-state index in [0.29, 0.717) is 19.4 Å². The molecule has 7 heteroatoms. The van der Waals surface area contributed by atoms with E-state index < -0.39 is 23.9 Å². The molecular formula is C8H13N3O4. The number of hydrogen-bond acceptors (Lipinski definition) is 3. The second-order valence-electron chi connectivity index (χ2n) is 3.31. The zero-order valence-corrected chi connectivity index (χ0v) is 8.10. The van der Waals surface area contributed by atoms with E-state index in [-0.39, 0.29) is 6.54 Å². The van der Waals surface area contributed by atoms with Crippen LogP contribution in [0, 0.1) is 0 Å². The Balaban J connectivity index is 2.51. The summed E-state index contributed by atoms with van der Waals surface area (Å²) in [4.78, 5) is 33.9. The molecule has 7 nitrogen and oxygen atoms in total. The molecule has 1 atom stereocenters. The van der Waals surface area contributed by atoms with Gasteiger partial charge < -0.3 is 21.1 Å². The molecule has 0 saturated carbocycles. The van der Waals surface area contributed by atoms with Crippen molar-refractivity contribution < 1.29 is 19.5 Å². The highest BCUT2D eigenvalue weighted by atomic mass is 16.4. The molecule has 0 aliphatic carbocycles. The van der Waals surface area contributed by atoms with Crippen molar-refractivity contribution in [1.29, 1.82) is 0 Å². The molecule has 84 valence electrons. The third-order valence-corrected chi connectivity index (χ3v) is 2.29. The first kappa shape index (κ1) is 11.3. The first-order valence-electron chi connectivity index (χ1n) is 4.58. The molecule has 15 heavy (non-hydrogen) atoms. The van der Waals surface area contributed by atoms with Crippen LogP contribution in [0.25, 0.3) is 0 Å². The van der Waals surface area contributed by atoms with Gasteiger partial charge in [-0.1, -0.05) is 0 Å². The minimum atomic E-state index is -1.27. The number of primary amides is 1. The van der Waals surface area contributed by atoms with Gasteiger partial charge >= 0.3 is 6.09 Å². The first-order valence-corrected chi connectivity index (χ1v) is 4.58. The number of carbonyl (C=O) groups excluding carboxylic acids is 2. The molecule has 0 aromatic heterocycles. The maximum Gasteiger partial charge on any atom is 0.405 e. The zero-order valence-electron chi connectivity index (χ0n) is 8.10. The highest BCUT2D eigenvalue weighted by Gasteiger charge is 2.32. The van der Waals surface area contributed by atoms with Crippen molar-refractivity contribution in [3.05, 3.63) is 0 Å². The van der Waals surface area contributed by atoms with Gasteiger partial charge in [-0.3, -0.25) is 9.59 Å². The van der Waals surface area contributed by atoms with Gasteiger partial charge in [0.15, 0.2) is 0 Å². The quantitative estimate of drug-likeness (QED) is 0.544. The summed E-state index contributed by atoms with van der Waals surface area (Å²) in [6.07, 6.45) is -0.00113. The van der Waals surface area contributed by atoms with Crippen molar-refractivity contribution in [3.63, 3.8) is 0 Å². The molecule has 3 amide bonds. The lowest BCUT2D eigenvalue weighted by atomic mass is 10.2. The molecule has 1 aliphatic heterocycles. The van der Waals surface area contributed by atoms with Gasteiger partial charge in [0.2, 0.25) is 11.8 Å². The molecule has 1 fully saturated rings. The number of hydrogen-bond donors (Lipinski definition) is 3. The first-order chi connectivity index (χ1) is 7.02. The molecule has 0 aromatic rings. The van der Waals surface area contributed by atoms with Crippen LogP contribution in [0.4, 0.5) is 4.79 Å². The Bertz CT molecular complexity index is 292. The summed E-state index contributed by atoms with van der Waals surface area (Å²) in [5.74, 6) is -0.963. The van der Waals surface area contributed by atoms with E-state index in [1.54, 1.807) is 0 Å². The Hall–Kier alpha value is -1.79. The molecule has 0 bridgehead atoms. The van der Waals surface area contributed by atoms with Gasteiger partial charge in [-0.05, 0) is 12.8 Å². The van der Waals surface area contributed by atoms with E-state index >= 15 is 0 Å². The van der Waals surface area contributed by atoms with Crippen LogP contribution in [0.3, 0.4) is 0 Å². The van der Waals surface area contributed by atoms with Crippen LogP contribution in [-0.4, -0.2) is 47.0 Å². The predicted molar refractivity (Wildman–Crippen MR) is 50.0 cm³/mol. The van der Waals surface area contributed by atoms with E-state index in [1.165, 1.54) is 4.90 Å². The average molecular weight is 215 g/mol. The number of carboxylic acid groups (broad SMARTS) is 1. The molecule has 1 rings (SSSR count). The summed E-state index contributed by atoms with van der Waals surface area (Å²) >= 11 is 0. The summed E-state index contributed by atoms with van der Waals surface area (Å²) in [5.41, 5.74) is 5.11. The van der Waals surface area contributed by atoms with E-state index in [0.717, 1.165) is 0 Å². The molecule has 1 heterocycles. The van der Waals surface area contributed by atoms with E-state index in [9.17, 15) is 14.4 Å². The Labute approximate surface area is 86.2 Å². The van der Waals surface area contributed by atoms with Crippen LogP contribution in [0.15, 0.2) is 0 Å². The number of nitrogens with one attached hydrogen (secondary N) is 1. The SMILES string of the molecule is NC(=O)[C@@H]1CCCN1C(=O)CNC(=O)O. The Morgan fingerprint density at radius 2 is 2.13 bits per heavy atom. The molecular weight excluding hydrogens is 202 g/mol. The predicted octanol–water partition coefficient (Wildman–Crippen LogP) is -1.27. The van der Waals surface area contributed by atoms with E-state index in [1.807, 2.05) is 5.32 Å². The van der Waals surface area contributed by atoms with Crippen molar-refractivity contribution in [2.24, 2.45) is 5.73 Å². The number of rotatable bonds is 3. The molecule has 1 saturated heterocycles. The summed E-state index contributed by atoms with van der Waals surface area (Å²) in [5, 5.41) is 10.3. The number of carbonyl (C=O) groups is 3. The number of nitrogens with two attached hydrogens (primary N) is 1. The third-order valence-electron chi connectivity index (χ3n) is 2.29. The van der Waals surface area contributed by atoms with Crippen molar-refractivity contribution in [1.82, 2.24) is 10.2 Å². The highest BCUT2D eigenvalue weighted by molar-refractivity contribution is 5.89. The smallest absolute Gasteiger partial charge is 0.405 e. The second-order valence-corrected chi connectivity index (χ2v) is 3.31.